The van der Waals surface area contributed by atoms with Crippen molar-refractivity contribution in [3.8, 4) is 0 Å². The van der Waals surface area contributed by atoms with Crippen LogP contribution in [-0.2, 0) is 17.6 Å². The van der Waals surface area contributed by atoms with Crippen molar-refractivity contribution in [3.05, 3.63) is 21.9 Å². The number of rotatable bonds is 7. The van der Waals surface area contributed by atoms with Crippen molar-refractivity contribution in [2.24, 2.45) is 0 Å². The Kier molecular flexibility index (Phi) is 5.62. The molecular weight excluding hydrogens is 204 g/mol. The van der Waals surface area contributed by atoms with Crippen LogP contribution in [0.3, 0.4) is 0 Å². The van der Waals surface area contributed by atoms with Crippen LogP contribution in [0.25, 0.3) is 0 Å². The molecule has 0 saturated carbocycles. The molecule has 0 bridgehead atoms. The summed E-state index contributed by atoms with van der Waals surface area (Å²) in [5.74, 6) is 0.421. The molecule has 0 aliphatic rings. The van der Waals surface area contributed by atoms with Crippen molar-refractivity contribution < 1.29 is 4.79 Å². The minimum Gasteiger partial charge on any atom is -0.300 e. The van der Waals surface area contributed by atoms with Gasteiger partial charge in [0, 0.05) is 22.6 Å². The second-order valence-electron chi connectivity index (χ2n) is 3.86. The molecule has 0 atom stereocenters. The molecule has 0 radical (unpaired) electrons. The zero-order valence-corrected chi connectivity index (χ0v) is 10.5. The van der Waals surface area contributed by atoms with E-state index in [4.69, 9.17) is 0 Å². The van der Waals surface area contributed by atoms with Crippen LogP contribution in [0.15, 0.2) is 12.1 Å². The summed E-state index contributed by atoms with van der Waals surface area (Å²) in [4.78, 5) is 14.2. The van der Waals surface area contributed by atoms with Gasteiger partial charge < -0.3 is 0 Å². The van der Waals surface area contributed by atoms with Gasteiger partial charge in [0.05, 0.1) is 0 Å². The van der Waals surface area contributed by atoms with Gasteiger partial charge in [0.1, 0.15) is 5.78 Å². The lowest BCUT2D eigenvalue weighted by molar-refractivity contribution is -0.119. The Labute approximate surface area is 96.5 Å². The van der Waals surface area contributed by atoms with E-state index in [1.807, 2.05) is 11.3 Å². The maximum Gasteiger partial charge on any atom is 0.132 e. The fourth-order valence-electron chi connectivity index (χ4n) is 1.61. The van der Waals surface area contributed by atoms with Crippen molar-refractivity contribution in [1.29, 1.82) is 0 Å². The molecule has 0 aliphatic heterocycles. The first-order valence-electron chi connectivity index (χ1n) is 5.85. The Morgan fingerprint density at radius 3 is 2.53 bits per heavy atom. The number of ketones is 1. The number of carbonyl (C=O) groups is 1. The topological polar surface area (TPSA) is 17.1 Å². The van der Waals surface area contributed by atoms with E-state index in [1.165, 1.54) is 9.75 Å². The number of hydrogen-bond acceptors (Lipinski definition) is 2. The summed E-state index contributed by atoms with van der Waals surface area (Å²) in [5.41, 5.74) is 0. The third-order valence-electron chi connectivity index (χ3n) is 2.47. The van der Waals surface area contributed by atoms with Crippen LogP contribution >= 0.6 is 11.3 Å². The van der Waals surface area contributed by atoms with Gasteiger partial charge in [-0.15, -0.1) is 11.3 Å². The Hall–Kier alpha value is -0.630. The van der Waals surface area contributed by atoms with Gasteiger partial charge in [-0.25, -0.2) is 0 Å². The molecule has 0 N–H and O–H groups in total. The predicted molar refractivity (Wildman–Crippen MR) is 66.6 cm³/mol. The quantitative estimate of drug-likeness (QED) is 0.684. The van der Waals surface area contributed by atoms with E-state index in [0.29, 0.717) is 5.78 Å². The number of hydrogen-bond donors (Lipinski definition) is 0. The van der Waals surface area contributed by atoms with Crippen LogP contribution < -0.4 is 0 Å². The number of Topliss-reactive ketones (excluding diaryl/α,β-unsaturated/α-hetero) is 1. The molecule has 1 aromatic heterocycles. The second-order valence-corrected chi connectivity index (χ2v) is 5.12. The molecule has 0 fully saturated rings. The first-order valence-corrected chi connectivity index (χ1v) is 6.67. The van der Waals surface area contributed by atoms with Gasteiger partial charge in [-0.2, -0.15) is 0 Å². The Morgan fingerprint density at radius 1 is 1.20 bits per heavy atom. The van der Waals surface area contributed by atoms with Crippen molar-refractivity contribution in [3.63, 3.8) is 0 Å². The van der Waals surface area contributed by atoms with Gasteiger partial charge >= 0.3 is 0 Å². The van der Waals surface area contributed by atoms with Crippen LogP contribution in [0, 0.1) is 0 Å². The smallest absolute Gasteiger partial charge is 0.132 e. The summed E-state index contributed by atoms with van der Waals surface area (Å²) >= 11 is 1.89. The van der Waals surface area contributed by atoms with E-state index < -0.39 is 0 Å². The molecule has 0 spiro atoms. The summed E-state index contributed by atoms with van der Waals surface area (Å²) in [6.45, 7) is 4.24. The third kappa shape index (κ3) is 4.61. The molecule has 1 aromatic rings. The lowest BCUT2D eigenvalue weighted by Crippen LogP contribution is -1.97. The number of thiophene rings is 1. The van der Waals surface area contributed by atoms with Crippen LogP contribution in [0.4, 0.5) is 0 Å². The lowest BCUT2D eigenvalue weighted by atomic mass is 10.1. The summed E-state index contributed by atoms with van der Waals surface area (Å²) in [6, 6.07) is 4.40. The average molecular weight is 224 g/mol. The summed E-state index contributed by atoms with van der Waals surface area (Å²) in [6.07, 6.45) is 5.71. The SMILES string of the molecule is CCCC(=O)CCCc1ccc(CC)s1. The molecule has 0 aromatic carbocycles. The van der Waals surface area contributed by atoms with Gasteiger partial charge in [-0.1, -0.05) is 13.8 Å². The van der Waals surface area contributed by atoms with Crippen molar-refractivity contribution in [2.75, 3.05) is 0 Å². The molecule has 15 heavy (non-hydrogen) atoms. The standard InChI is InChI=1S/C13H20OS/c1-3-6-11(14)7-5-8-13-10-9-12(4-2)15-13/h9-10H,3-8H2,1-2H3. The van der Waals surface area contributed by atoms with Crippen molar-refractivity contribution >= 4 is 17.1 Å². The van der Waals surface area contributed by atoms with Crippen molar-refractivity contribution in [1.82, 2.24) is 0 Å². The highest BCUT2D eigenvalue weighted by atomic mass is 32.1. The highest BCUT2D eigenvalue weighted by Gasteiger charge is 2.02. The molecule has 0 saturated heterocycles. The fourth-order valence-corrected chi connectivity index (χ4v) is 2.61. The molecule has 1 nitrogen and oxygen atoms in total. The first-order chi connectivity index (χ1) is 7.26. The van der Waals surface area contributed by atoms with Crippen LogP contribution in [0.1, 0.15) is 49.3 Å². The summed E-state index contributed by atoms with van der Waals surface area (Å²) in [5, 5.41) is 0. The molecule has 2 heteroatoms. The predicted octanol–water partition coefficient (Wildman–Crippen LogP) is 4.00. The summed E-state index contributed by atoms with van der Waals surface area (Å²) in [7, 11) is 0. The van der Waals surface area contributed by atoms with Gasteiger partial charge in [0.15, 0.2) is 0 Å². The van der Waals surface area contributed by atoms with Gasteiger partial charge in [0.2, 0.25) is 0 Å². The first kappa shape index (κ1) is 12.4. The molecular formula is C13H20OS. The van der Waals surface area contributed by atoms with E-state index in [-0.39, 0.29) is 0 Å². The second kappa shape index (κ2) is 6.78. The molecule has 84 valence electrons. The zero-order chi connectivity index (χ0) is 11.1. The van der Waals surface area contributed by atoms with E-state index >= 15 is 0 Å². The number of aryl methyl sites for hydroxylation is 2. The Balaban J connectivity index is 2.22. The van der Waals surface area contributed by atoms with Crippen LogP contribution in [-0.4, -0.2) is 5.78 Å². The minimum absolute atomic E-state index is 0.421. The van der Waals surface area contributed by atoms with E-state index in [2.05, 4.69) is 26.0 Å². The lowest BCUT2D eigenvalue weighted by Gasteiger charge is -1.97. The highest BCUT2D eigenvalue weighted by molar-refractivity contribution is 7.11. The van der Waals surface area contributed by atoms with Gasteiger partial charge in [-0.3, -0.25) is 4.79 Å². The zero-order valence-electron chi connectivity index (χ0n) is 9.71. The Bertz CT molecular complexity index is 301. The third-order valence-corrected chi connectivity index (χ3v) is 3.76. The maximum atomic E-state index is 11.3. The molecule has 0 amide bonds. The van der Waals surface area contributed by atoms with E-state index in [0.717, 1.165) is 38.5 Å². The molecule has 1 heterocycles. The average Bonchev–Trinajstić information content (AvgIpc) is 2.66. The van der Waals surface area contributed by atoms with E-state index in [9.17, 15) is 4.79 Å². The van der Waals surface area contributed by atoms with Crippen LogP contribution in [0.2, 0.25) is 0 Å². The molecule has 0 aliphatic carbocycles. The van der Waals surface area contributed by atoms with Gasteiger partial charge in [0.25, 0.3) is 0 Å². The van der Waals surface area contributed by atoms with E-state index in [1.54, 1.807) is 0 Å². The summed E-state index contributed by atoms with van der Waals surface area (Å²) < 4.78 is 0. The minimum atomic E-state index is 0.421. The normalized spacial score (nSPS) is 10.5. The van der Waals surface area contributed by atoms with Crippen LogP contribution in [0.5, 0.6) is 0 Å². The van der Waals surface area contributed by atoms with Gasteiger partial charge in [-0.05, 0) is 37.8 Å². The fraction of sp³-hybridized carbons (Fsp3) is 0.615. The monoisotopic (exact) mass is 224 g/mol. The maximum absolute atomic E-state index is 11.3. The largest absolute Gasteiger partial charge is 0.300 e. The Morgan fingerprint density at radius 2 is 1.93 bits per heavy atom. The number of carbonyl (C=O) groups excluding carboxylic acids is 1. The molecule has 1 rings (SSSR count). The van der Waals surface area contributed by atoms with Crippen molar-refractivity contribution in [2.45, 2.75) is 52.4 Å². The molecule has 0 unspecified atom stereocenters. The highest BCUT2D eigenvalue weighted by Crippen LogP contribution is 2.19.